The van der Waals surface area contributed by atoms with E-state index in [1.807, 2.05) is 20.8 Å². The van der Waals surface area contributed by atoms with Crippen LogP contribution in [0.2, 0.25) is 0 Å². The summed E-state index contributed by atoms with van der Waals surface area (Å²) < 4.78 is 45.1. The Morgan fingerprint density at radius 2 is 1.94 bits per heavy atom. The van der Waals surface area contributed by atoms with Crippen LogP contribution in [0.15, 0.2) is 36.4 Å². The number of benzene rings is 2. The van der Waals surface area contributed by atoms with Crippen LogP contribution in [0.25, 0.3) is 11.1 Å². The molecule has 1 heterocycles. The van der Waals surface area contributed by atoms with Crippen molar-refractivity contribution < 1.29 is 37.7 Å². The van der Waals surface area contributed by atoms with Crippen molar-refractivity contribution in [2.24, 2.45) is 0 Å². The van der Waals surface area contributed by atoms with E-state index in [1.165, 1.54) is 19.1 Å². The monoisotopic (exact) mass is 495 g/mol. The molecule has 7 nitrogen and oxygen atoms in total. The molecule has 1 amide bonds. The standard InChI is InChI=1S/C24H27F2NO6S/c1-14(29)27-17(11-28)12-34-22(30)32-21-8-5-15(18-7-6-16(25)10-20(18)26)9-19(21)24(13-31-24)33-23(2,3)4/h5-10,17,28H,11-13H2,1-4H3,(H,27,29). The van der Waals surface area contributed by atoms with Crippen molar-refractivity contribution in [2.75, 3.05) is 19.0 Å². The summed E-state index contributed by atoms with van der Waals surface area (Å²) in [4.78, 5) is 23.7. The quantitative estimate of drug-likeness (QED) is 0.415. The third kappa shape index (κ3) is 6.75. The van der Waals surface area contributed by atoms with E-state index in [2.05, 4.69) is 5.32 Å². The molecule has 10 heteroatoms. The second-order valence-electron chi connectivity index (χ2n) is 8.83. The van der Waals surface area contributed by atoms with Gasteiger partial charge < -0.3 is 24.6 Å². The smallest absolute Gasteiger partial charge is 0.372 e. The molecule has 0 radical (unpaired) electrons. The largest absolute Gasteiger partial charge is 0.418 e. The molecule has 1 aliphatic rings. The Hall–Kier alpha value is -2.53. The minimum Gasteiger partial charge on any atom is -0.418 e. The van der Waals surface area contributed by atoms with Gasteiger partial charge in [0, 0.05) is 24.3 Å². The Morgan fingerprint density at radius 1 is 1.24 bits per heavy atom. The third-order valence-electron chi connectivity index (χ3n) is 4.73. The molecule has 184 valence electrons. The van der Waals surface area contributed by atoms with Gasteiger partial charge in [-0.3, -0.25) is 4.79 Å². The molecule has 1 aliphatic heterocycles. The third-order valence-corrected chi connectivity index (χ3v) is 5.62. The van der Waals surface area contributed by atoms with E-state index in [4.69, 9.17) is 14.2 Å². The summed E-state index contributed by atoms with van der Waals surface area (Å²) in [5.41, 5.74) is 0.384. The molecule has 0 aliphatic carbocycles. The van der Waals surface area contributed by atoms with Crippen molar-refractivity contribution in [3.8, 4) is 16.9 Å². The summed E-state index contributed by atoms with van der Waals surface area (Å²) in [6.07, 6.45) is 0. The van der Waals surface area contributed by atoms with Crippen molar-refractivity contribution in [1.29, 1.82) is 0 Å². The van der Waals surface area contributed by atoms with Gasteiger partial charge in [-0.15, -0.1) is 0 Å². The molecular weight excluding hydrogens is 468 g/mol. The van der Waals surface area contributed by atoms with Gasteiger partial charge in [-0.2, -0.15) is 0 Å². The normalized spacial score (nSPS) is 18.3. The summed E-state index contributed by atoms with van der Waals surface area (Å²) in [5.74, 6) is -2.68. The van der Waals surface area contributed by atoms with Gasteiger partial charge in [-0.05, 0) is 62.4 Å². The summed E-state index contributed by atoms with van der Waals surface area (Å²) in [6.45, 7) is 6.72. The van der Waals surface area contributed by atoms with Gasteiger partial charge in [0.05, 0.1) is 23.8 Å². The highest BCUT2D eigenvalue weighted by atomic mass is 32.2. The number of hydrogen-bond donors (Lipinski definition) is 2. The van der Waals surface area contributed by atoms with Crippen molar-refractivity contribution in [3.05, 3.63) is 53.6 Å². The zero-order valence-corrected chi connectivity index (χ0v) is 20.1. The maximum absolute atomic E-state index is 14.4. The van der Waals surface area contributed by atoms with Gasteiger partial charge in [0.2, 0.25) is 11.7 Å². The molecule has 2 N–H and O–H groups in total. The molecule has 34 heavy (non-hydrogen) atoms. The van der Waals surface area contributed by atoms with Crippen LogP contribution in [0.3, 0.4) is 0 Å². The highest BCUT2D eigenvalue weighted by Gasteiger charge is 2.53. The van der Waals surface area contributed by atoms with Crippen molar-refractivity contribution in [1.82, 2.24) is 5.32 Å². The lowest BCUT2D eigenvalue weighted by atomic mass is 9.98. The predicted molar refractivity (Wildman–Crippen MR) is 123 cm³/mol. The first-order valence-corrected chi connectivity index (χ1v) is 11.6. The molecule has 2 atom stereocenters. The van der Waals surface area contributed by atoms with E-state index in [0.717, 1.165) is 23.9 Å². The number of aliphatic hydroxyl groups excluding tert-OH is 1. The number of thioether (sulfide) groups is 1. The molecule has 1 saturated heterocycles. The lowest BCUT2D eigenvalue weighted by Crippen LogP contribution is -2.38. The summed E-state index contributed by atoms with van der Waals surface area (Å²) in [7, 11) is 0. The Kier molecular flexibility index (Phi) is 7.97. The molecule has 0 spiro atoms. The minimum absolute atomic E-state index is 0.100. The zero-order valence-electron chi connectivity index (χ0n) is 19.3. The van der Waals surface area contributed by atoms with Crippen molar-refractivity contribution >= 4 is 23.0 Å². The number of halogens is 2. The predicted octanol–water partition coefficient (Wildman–Crippen LogP) is 4.36. The number of hydrogen-bond acceptors (Lipinski definition) is 7. The van der Waals surface area contributed by atoms with Gasteiger partial charge >= 0.3 is 5.30 Å². The Morgan fingerprint density at radius 3 is 2.50 bits per heavy atom. The molecule has 0 bridgehead atoms. The summed E-state index contributed by atoms with van der Waals surface area (Å²) in [6, 6.07) is 7.31. The van der Waals surface area contributed by atoms with Crippen LogP contribution >= 0.6 is 11.8 Å². The fourth-order valence-corrected chi connectivity index (χ4v) is 4.03. The van der Waals surface area contributed by atoms with Crippen LogP contribution < -0.4 is 10.1 Å². The maximum atomic E-state index is 14.4. The van der Waals surface area contributed by atoms with Gasteiger partial charge in [0.25, 0.3) is 0 Å². The van der Waals surface area contributed by atoms with Gasteiger partial charge in [0.1, 0.15) is 24.0 Å². The van der Waals surface area contributed by atoms with Crippen LogP contribution in [0.4, 0.5) is 13.6 Å². The fraction of sp³-hybridized carbons (Fsp3) is 0.417. The Labute approximate surface area is 200 Å². The van der Waals surface area contributed by atoms with Crippen molar-refractivity contribution in [3.63, 3.8) is 0 Å². The highest BCUT2D eigenvalue weighted by molar-refractivity contribution is 8.13. The van der Waals surface area contributed by atoms with E-state index >= 15 is 0 Å². The number of rotatable bonds is 8. The fourth-order valence-electron chi connectivity index (χ4n) is 3.35. The molecule has 2 unspecified atom stereocenters. The van der Waals surface area contributed by atoms with Crippen LogP contribution in [-0.4, -0.2) is 46.9 Å². The van der Waals surface area contributed by atoms with Gasteiger partial charge in [-0.25, -0.2) is 13.6 Å². The van der Waals surface area contributed by atoms with Crippen LogP contribution in [0, 0.1) is 11.6 Å². The van der Waals surface area contributed by atoms with Gasteiger partial charge in [0.15, 0.2) is 0 Å². The number of aliphatic hydroxyl groups is 1. The maximum Gasteiger partial charge on any atom is 0.372 e. The van der Waals surface area contributed by atoms with Crippen LogP contribution in [0.1, 0.15) is 33.3 Å². The minimum atomic E-state index is -1.19. The van der Waals surface area contributed by atoms with Crippen LogP contribution in [-0.2, 0) is 20.1 Å². The topological polar surface area (TPSA) is 97.4 Å². The molecule has 1 fully saturated rings. The molecule has 0 saturated carbocycles. The number of carbonyl (C=O) groups is 2. The number of carbonyl (C=O) groups excluding carboxylic acids is 2. The van der Waals surface area contributed by atoms with E-state index < -0.39 is 34.4 Å². The number of ether oxygens (including phenoxy) is 3. The van der Waals surface area contributed by atoms with E-state index in [9.17, 15) is 23.5 Å². The lowest BCUT2D eigenvalue weighted by Gasteiger charge is -2.26. The SMILES string of the molecule is CC(=O)NC(CO)CSC(=O)Oc1ccc(-c2ccc(F)cc2F)cc1C1(OC(C)(C)C)CO1. The summed E-state index contributed by atoms with van der Waals surface area (Å²) in [5, 5.41) is 11.2. The average molecular weight is 496 g/mol. The average Bonchev–Trinajstić information content (AvgIpc) is 3.50. The molecule has 0 aromatic heterocycles. The molecule has 3 rings (SSSR count). The van der Waals surface area contributed by atoms with Gasteiger partial charge in [-0.1, -0.05) is 6.07 Å². The van der Waals surface area contributed by atoms with Crippen molar-refractivity contribution in [2.45, 2.75) is 45.1 Å². The zero-order chi connectivity index (χ0) is 25.1. The number of amides is 1. The lowest BCUT2D eigenvalue weighted by molar-refractivity contribution is -0.133. The molecule has 2 aromatic rings. The Balaban J connectivity index is 1.89. The first-order chi connectivity index (χ1) is 15.9. The van der Waals surface area contributed by atoms with E-state index in [1.54, 1.807) is 12.1 Å². The Bertz CT molecular complexity index is 1070. The molecular formula is C24H27F2NO6S. The first kappa shape index (κ1) is 26.1. The molecule has 2 aromatic carbocycles. The number of epoxide rings is 1. The highest BCUT2D eigenvalue weighted by Crippen LogP contribution is 2.48. The van der Waals surface area contributed by atoms with Crippen LogP contribution in [0.5, 0.6) is 5.75 Å². The number of nitrogens with one attached hydrogen (secondary N) is 1. The summed E-state index contributed by atoms with van der Waals surface area (Å²) >= 11 is 0.784. The first-order valence-electron chi connectivity index (χ1n) is 10.6. The second kappa shape index (κ2) is 10.4. The van der Waals surface area contributed by atoms with E-state index in [0.29, 0.717) is 11.1 Å². The second-order valence-corrected chi connectivity index (χ2v) is 9.79. The van der Waals surface area contributed by atoms with E-state index in [-0.39, 0.29) is 36.2 Å².